The number of pyridine rings is 1. The van der Waals surface area contributed by atoms with E-state index in [2.05, 4.69) is 26.0 Å². The zero-order valence-electron chi connectivity index (χ0n) is 25.2. The molecular formula is C35H33F3N6O2. The highest BCUT2D eigenvalue weighted by molar-refractivity contribution is 6.03. The Morgan fingerprint density at radius 3 is 2.85 bits per heavy atom. The van der Waals surface area contributed by atoms with Crippen molar-refractivity contribution in [2.24, 2.45) is 0 Å². The molecule has 0 amide bonds. The Morgan fingerprint density at radius 2 is 2.02 bits per heavy atom. The van der Waals surface area contributed by atoms with Gasteiger partial charge < -0.3 is 19.7 Å². The molecule has 2 aromatic heterocycles. The van der Waals surface area contributed by atoms with E-state index in [1.807, 2.05) is 0 Å². The van der Waals surface area contributed by atoms with Gasteiger partial charge in [0.2, 0.25) is 5.88 Å². The van der Waals surface area contributed by atoms with Crippen molar-refractivity contribution in [2.75, 3.05) is 37.7 Å². The number of nitrogens with zero attached hydrogens (tertiary/aromatic N) is 5. The van der Waals surface area contributed by atoms with Gasteiger partial charge in [-0.3, -0.25) is 4.90 Å². The molecule has 1 N–H and O–H groups in total. The van der Waals surface area contributed by atoms with Crippen LogP contribution in [0.15, 0.2) is 30.3 Å². The fraction of sp³-hybridized carbons (Fsp3) is 0.457. The van der Waals surface area contributed by atoms with E-state index >= 15 is 4.39 Å². The third kappa shape index (κ3) is 4.19. The number of hydrogen-bond donors (Lipinski definition) is 1. The van der Waals surface area contributed by atoms with Gasteiger partial charge in [-0.05, 0) is 50.1 Å². The number of fused-ring (bicyclic) bond motifs is 4. The number of terminal acetylenes is 1. The molecule has 2 bridgehead atoms. The van der Waals surface area contributed by atoms with E-state index in [9.17, 15) is 8.78 Å². The summed E-state index contributed by atoms with van der Waals surface area (Å²) in [4.78, 5) is 18.6. The summed E-state index contributed by atoms with van der Waals surface area (Å²) in [5.74, 6) is 1.90. The molecule has 8 nitrogen and oxygen atoms in total. The predicted molar refractivity (Wildman–Crippen MR) is 168 cm³/mol. The largest absolute Gasteiger partial charge is 0.475 e. The first-order valence-corrected chi connectivity index (χ1v) is 16.2. The number of aromatic nitrogens is 3. The molecule has 5 atom stereocenters. The van der Waals surface area contributed by atoms with E-state index in [0.717, 1.165) is 38.6 Å². The summed E-state index contributed by atoms with van der Waals surface area (Å²) < 4.78 is 59.0. The second-order valence-electron chi connectivity index (χ2n) is 13.4. The summed E-state index contributed by atoms with van der Waals surface area (Å²) in [5.41, 5.74) is -0.0846. The summed E-state index contributed by atoms with van der Waals surface area (Å²) in [5, 5.41) is 5.12. The van der Waals surface area contributed by atoms with Gasteiger partial charge in [0.25, 0.3) is 0 Å². The molecule has 4 saturated heterocycles. The van der Waals surface area contributed by atoms with E-state index in [-0.39, 0.29) is 47.4 Å². The second-order valence-corrected chi connectivity index (χ2v) is 13.4. The van der Waals surface area contributed by atoms with E-state index in [0.29, 0.717) is 59.7 Å². The highest BCUT2D eigenvalue weighted by Crippen LogP contribution is 2.45. The SMILES string of the molecule is C#Cc1c(F)ccc2cccc(-c3nc4c5c(nc(OC[C@@]67CCCN6C[C@H](F)C7)nc5c3F)N([C@@H]3C[C@H]5CC[C@@H]3N5)CCO4)c12. The normalized spacial score (nSPS) is 28.4. The van der Waals surface area contributed by atoms with Gasteiger partial charge in [0, 0.05) is 42.0 Å². The van der Waals surface area contributed by atoms with E-state index in [4.69, 9.17) is 25.9 Å². The van der Waals surface area contributed by atoms with Crippen molar-refractivity contribution in [2.45, 2.75) is 68.4 Å². The molecule has 9 rings (SSSR count). The van der Waals surface area contributed by atoms with E-state index < -0.39 is 23.3 Å². The fourth-order valence-electron chi connectivity index (χ4n) is 8.81. The van der Waals surface area contributed by atoms with Crippen LogP contribution in [-0.4, -0.2) is 82.5 Å². The topological polar surface area (TPSA) is 75.6 Å². The van der Waals surface area contributed by atoms with Crippen molar-refractivity contribution >= 4 is 27.5 Å². The molecule has 5 aliphatic rings. The van der Waals surface area contributed by atoms with Crippen LogP contribution in [0.4, 0.5) is 19.0 Å². The second kappa shape index (κ2) is 10.4. The molecular weight excluding hydrogens is 593 g/mol. The minimum Gasteiger partial charge on any atom is -0.475 e. The van der Waals surface area contributed by atoms with Crippen molar-refractivity contribution in [1.82, 2.24) is 25.2 Å². The van der Waals surface area contributed by atoms with Crippen LogP contribution in [0.2, 0.25) is 0 Å². The minimum absolute atomic E-state index is 0.00856. The number of nitrogens with one attached hydrogen (secondary N) is 1. The lowest BCUT2D eigenvalue weighted by molar-refractivity contribution is 0.107. The highest BCUT2D eigenvalue weighted by atomic mass is 19.1. The molecule has 5 aliphatic heterocycles. The van der Waals surface area contributed by atoms with Crippen molar-refractivity contribution < 1.29 is 22.6 Å². The van der Waals surface area contributed by atoms with Crippen LogP contribution in [0, 0.1) is 24.0 Å². The summed E-state index contributed by atoms with van der Waals surface area (Å²) >= 11 is 0. The standard InChI is InChI=1S/C35H33F3N6O2/c1-2-22-24(37)9-7-19-5-3-6-23(27(19)22)30-29(38)31-28-32(42-34(41-31)46-18-35-11-4-12-43(35)17-20(36)16-35)44(13-14-45-33(28)40-30)26-15-21-8-10-25(26)39-21/h1,3,5-7,9,20-21,25-26,39H,4,8,10-18H2/t20-,21-,25+,26-,35+/m1/s1. The van der Waals surface area contributed by atoms with Gasteiger partial charge in [0.1, 0.15) is 47.6 Å². The van der Waals surface area contributed by atoms with E-state index in [1.54, 1.807) is 24.3 Å². The van der Waals surface area contributed by atoms with Crippen molar-refractivity contribution in [3.63, 3.8) is 0 Å². The van der Waals surface area contributed by atoms with Crippen LogP contribution in [0.5, 0.6) is 11.9 Å². The molecule has 46 heavy (non-hydrogen) atoms. The molecule has 11 heteroatoms. The molecule has 4 fully saturated rings. The Hall–Kier alpha value is -4.14. The maximum Gasteiger partial charge on any atom is 0.319 e. The monoisotopic (exact) mass is 626 g/mol. The average molecular weight is 627 g/mol. The zero-order valence-corrected chi connectivity index (χ0v) is 25.2. The predicted octanol–water partition coefficient (Wildman–Crippen LogP) is 5.15. The minimum atomic E-state index is -0.906. The zero-order chi connectivity index (χ0) is 31.2. The fourth-order valence-corrected chi connectivity index (χ4v) is 8.81. The number of benzene rings is 2. The van der Waals surface area contributed by atoms with Crippen LogP contribution in [0.3, 0.4) is 0 Å². The van der Waals surface area contributed by atoms with Gasteiger partial charge in [-0.25, -0.2) is 18.2 Å². The Labute approximate surface area is 264 Å². The summed E-state index contributed by atoms with van der Waals surface area (Å²) in [6.07, 6.45) is 10.2. The molecule has 0 spiro atoms. The lowest BCUT2D eigenvalue weighted by Crippen LogP contribution is -2.45. The molecule has 7 heterocycles. The molecule has 4 aromatic rings. The Balaban J connectivity index is 1.23. The third-order valence-corrected chi connectivity index (χ3v) is 10.8. The lowest BCUT2D eigenvalue weighted by Gasteiger charge is -2.34. The Morgan fingerprint density at radius 1 is 1.11 bits per heavy atom. The van der Waals surface area contributed by atoms with Gasteiger partial charge in [0.05, 0.1) is 17.6 Å². The Bertz CT molecular complexity index is 1950. The third-order valence-electron chi connectivity index (χ3n) is 10.8. The molecule has 236 valence electrons. The number of hydrogen-bond acceptors (Lipinski definition) is 8. The molecule has 0 aliphatic carbocycles. The summed E-state index contributed by atoms with van der Waals surface area (Å²) in [6, 6.07) is 9.06. The number of halogens is 3. The maximum absolute atomic E-state index is 17.0. The number of anilines is 1. The smallest absolute Gasteiger partial charge is 0.319 e. The van der Waals surface area contributed by atoms with Crippen LogP contribution >= 0.6 is 0 Å². The van der Waals surface area contributed by atoms with Gasteiger partial charge in [0.15, 0.2) is 5.82 Å². The van der Waals surface area contributed by atoms with Crippen molar-refractivity contribution in [3.8, 4) is 35.5 Å². The Kier molecular flexibility index (Phi) is 6.38. The van der Waals surface area contributed by atoms with Crippen LogP contribution in [0.25, 0.3) is 32.9 Å². The molecule has 0 unspecified atom stereocenters. The van der Waals surface area contributed by atoms with Crippen molar-refractivity contribution in [1.29, 1.82) is 0 Å². The first-order chi connectivity index (χ1) is 22.4. The average Bonchev–Trinajstić information content (AvgIpc) is 3.82. The summed E-state index contributed by atoms with van der Waals surface area (Å²) in [7, 11) is 0. The van der Waals surface area contributed by atoms with Gasteiger partial charge in [-0.2, -0.15) is 9.97 Å². The van der Waals surface area contributed by atoms with Crippen LogP contribution < -0.4 is 19.7 Å². The van der Waals surface area contributed by atoms with Crippen molar-refractivity contribution in [3.05, 3.63) is 47.5 Å². The van der Waals surface area contributed by atoms with Crippen LogP contribution in [0.1, 0.15) is 44.1 Å². The maximum atomic E-state index is 17.0. The number of ether oxygens (including phenoxy) is 2. The first-order valence-electron chi connectivity index (χ1n) is 16.2. The lowest BCUT2D eigenvalue weighted by atomic mass is 9.94. The van der Waals surface area contributed by atoms with Gasteiger partial charge >= 0.3 is 6.01 Å². The van der Waals surface area contributed by atoms with Crippen LogP contribution in [-0.2, 0) is 0 Å². The molecule has 0 saturated carbocycles. The summed E-state index contributed by atoms with van der Waals surface area (Å²) in [6.45, 7) is 2.27. The first kappa shape index (κ1) is 28.1. The van der Waals surface area contributed by atoms with Gasteiger partial charge in [-0.1, -0.05) is 30.2 Å². The van der Waals surface area contributed by atoms with Gasteiger partial charge in [-0.15, -0.1) is 6.42 Å². The van der Waals surface area contributed by atoms with E-state index in [1.165, 1.54) is 6.07 Å². The quantitative estimate of drug-likeness (QED) is 0.305. The highest BCUT2D eigenvalue weighted by Gasteiger charge is 2.50. The number of rotatable bonds is 5. The molecule has 2 aromatic carbocycles. The molecule has 0 radical (unpaired) electrons. The number of alkyl halides is 1.